The molecule has 1 saturated heterocycles. The molecule has 1 fully saturated rings. The number of hydrogen-bond donors (Lipinski definition) is 0. The molecule has 0 aromatic heterocycles. The van der Waals surface area contributed by atoms with Gasteiger partial charge in [-0.2, -0.15) is 0 Å². The van der Waals surface area contributed by atoms with Crippen LogP contribution < -0.4 is 0 Å². The Bertz CT molecular complexity index is 369. The second-order valence-electron chi connectivity index (χ2n) is 4.70. The van der Waals surface area contributed by atoms with Crippen molar-refractivity contribution in [3.8, 4) is 0 Å². The van der Waals surface area contributed by atoms with E-state index in [0.29, 0.717) is 6.42 Å². The maximum Gasteiger partial charge on any atom is 0.126 e. The third-order valence-corrected chi connectivity index (χ3v) is 4.53. The second kappa shape index (κ2) is 5.44. The molecule has 1 aromatic rings. The number of hydrogen-bond acceptors (Lipinski definition) is 1. The fourth-order valence-electron chi connectivity index (χ4n) is 2.31. The topological polar surface area (TPSA) is 9.23 Å². The molecule has 0 spiro atoms. The predicted octanol–water partition coefficient (Wildman–Crippen LogP) is 3.70. The third kappa shape index (κ3) is 3.26. The highest BCUT2D eigenvalue weighted by molar-refractivity contribution is 9.09. The molecule has 2 rings (SSSR count). The molecule has 1 heterocycles. The molecule has 1 aliphatic heterocycles. The maximum absolute atomic E-state index is 13.1. The third-order valence-electron chi connectivity index (χ3n) is 3.34. The van der Waals surface area contributed by atoms with E-state index in [9.17, 15) is 8.78 Å². The summed E-state index contributed by atoms with van der Waals surface area (Å²) in [6.07, 6.45) is 2.54. The number of rotatable bonds is 3. The van der Waals surface area contributed by atoms with E-state index in [4.69, 9.17) is 4.74 Å². The minimum Gasteiger partial charge on any atom is -0.381 e. The summed E-state index contributed by atoms with van der Waals surface area (Å²) in [5.74, 6) is -1.01. The summed E-state index contributed by atoms with van der Waals surface area (Å²) in [4.78, 5) is 0. The van der Waals surface area contributed by atoms with E-state index < -0.39 is 11.6 Å². The fourth-order valence-corrected chi connectivity index (χ4v) is 3.07. The van der Waals surface area contributed by atoms with Crippen molar-refractivity contribution in [2.75, 3.05) is 18.5 Å². The molecule has 0 aliphatic carbocycles. The highest BCUT2D eigenvalue weighted by Gasteiger charge is 2.31. The highest BCUT2D eigenvalue weighted by atomic mass is 79.9. The van der Waals surface area contributed by atoms with Gasteiger partial charge in [0.15, 0.2) is 0 Å². The summed E-state index contributed by atoms with van der Waals surface area (Å²) in [6.45, 7) is 1.45. The Balaban J connectivity index is 2.17. The van der Waals surface area contributed by atoms with Crippen molar-refractivity contribution in [1.29, 1.82) is 0 Å². The summed E-state index contributed by atoms with van der Waals surface area (Å²) >= 11 is 3.52. The standard InChI is InChI=1S/C13H15BrF2O/c14-9-13(1-3-17-4-2-13)8-10-5-11(15)7-12(16)6-10/h5-7H,1-4,8-9H2. The van der Waals surface area contributed by atoms with E-state index in [-0.39, 0.29) is 5.41 Å². The molecular formula is C13H15BrF2O. The summed E-state index contributed by atoms with van der Waals surface area (Å²) in [6, 6.07) is 3.75. The van der Waals surface area contributed by atoms with E-state index in [0.717, 1.165) is 43.0 Å². The lowest BCUT2D eigenvalue weighted by Crippen LogP contribution is -2.33. The van der Waals surface area contributed by atoms with Crippen LogP contribution in [-0.4, -0.2) is 18.5 Å². The molecule has 94 valence electrons. The van der Waals surface area contributed by atoms with Crippen molar-refractivity contribution in [1.82, 2.24) is 0 Å². The largest absolute Gasteiger partial charge is 0.381 e. The quantitative estimate of drug-likeness (QED) is 0.774. The normalized spacial score (nSPS) is 19.2. The summed E-state index contributed by atoms with van der Waals surface area (Å²) in [5.41, 5.74) is 0.794. The minimum absolute atomic E-state index is 0.0679. The van der Waals surface area contributed by atoms with Crippen LogP contribution in [0.25, 0.3) is 0 Å². The summed E-state index contributed by atoms with van der Waals surface area (Å²) in [5, 5.41) is 0.835. The number of halogens is 3. The van der Waals surface area contributed by atoms with E-state index in [2.05, 4.69) is 15.9 Å². The van der Waals surface area contributed by atoms with Gasteiger partial charge >= 0.3 is 0 Å². The number of benzene rings is 1. The molecule has 1 aliphatic rings. The molecule has 1 nitrogen and oxygen atoms in total. The van der Waals surface area contributed by atoms with Crippen LogP contribution in [0.4, 0.5) is 8.78 Å². The van der Waals surface area contributed by atoms with Crippen molar-refractivity contribution in [2.45, 2.75) is 19.3 Å². The molecule has 0 unspecified atom stereocenters. The van der Waals surface area contributed by atoms with Crippen molar-refractivity contribution < 1.29 is 13.5 Å². The first-order chi connectivity index (χ1) is 8.13. The van der Waals surface area contributed by atoms with Gasteiger partial charge in [0.05, 0.1) is 0 Å². The molecule has 0 bridgehead atoms. The van der Waals surface area contributed by atoms with Crippen molar-refractivity contribution in [3.63, 3.8) is 0 Å². The van der Waals surface area contributed by atoms with Gasteiger partial charge in [0.2, 0.25) is 0 Å². The van der Waals surface area contributed by atoms with Gasteiger partial charge in [-0.3, -0.25) is 0 Å². The van der Waals surface area contributed by atoms with Gasteiger partial charge < -0.3 is 4.74 Å². The molecule has 1 aromatic carbocycles. The van der Waals surface area contributed by atoms with E-state index in [1.165, 1.54) is 12.1 Å². The SMILES string of the molecule is Fc1cc(F)cc(CC2(CBr)CCOCC2)c1. The van der Waals surface area contributed by atoms with E-state index in [1.54, 1.807) is 0 Å². The molecule has 0 saturated carbocycles. The van der Waals surface area contributed by atoms with Gasteiger partial charge in [0.1, 0.15) is 11.6 Å². The van der Waals surface area contributed by atoms with Crippen LogP contribution in [0.3, 0.4) is 0 Å². The van der Waals surface area contributed by atoms with Crippen molar-refractivity contribution in [3.05, 3.63) is 35.4 Å². The molecule has 0 atom stereocenters. The molecule has 4 heteroatoms. The molecule has 17 heavy (non-hydrogen) atoms. The van der Waals surface area contributed by atoms with E-state index >= 15 is 0 Å². The second-order valence-corrected chi connectivity index (χ2v) is 5.26. The van der Waals surface area contributed by atoms with Crippen LogP contribution in [0, 0.1) is 17.0 Å². The first kappa shape index (κ1) is 13.0. The lowest BCUT2D eigenvalue weighted by molar-refractivity contribution is 0.0269. The molecule has 0 amide bonds. The van der Waals surface area contributed by atoms with Gasteiger partial charge in [0, 0.05) is 24.6 Å². The van der Waals surface area contributed by atoms with Crippen LogP contribution in [-0.2, 0) is 11.2 Å². The average Bonchev–Trinajstić information content (AvgIpc) is 2.29. The maximum atomic E-state index is 13.1. The fraction of sp³-hybridized carbons (Fsp3) is 0.538. The number of alkyl halides is 1. The van der Waals surface area contributed by atoms with Crippen LogP contribution in [0.5, 0.6) is 0 Å². The van der Waals surface area contributed by atoms with Crippen molar-refractivity contribution in [2.24, 2.45) is 5.41 Å². The Kier molecular flexibility index (Phi) is 4.15. The monoisotopic (exact) mass is 304 g/mol. The zero-order chi connectivity index (χ0) is 12.3. The Labute approximate surface area is 108 Å². The van der Waals surface area contributed by atoms with Gasteiger partial charge in [-0.05, 0) is 42.4 Å². The molecular weight excluding hydrogens is 290 g/mol. The average molecular weight is 305 g/mol. The van der Waals surface area contributed by atoms with Gasteiger partial charge in [-0.15, -0.1) is 0 Å². The van der Waals surface area contributed by atoms with E-state index in [1.807, 2.05) is 0 Å². The Hall–Kier alpha value is -0.480. The number of ether oxygens (including phenoxy) is 1. The Morgan fingerprint density at radius 1 is 1.12 bits per heavy atom. The van der Waals surface area contributed by atoms with Gasteiger partial charge in [-0.25, -0.2) is 8.78 Å². The smallest absolute Gasteiger partial charge is 0.126 e. The Morgan fingerprint density at radius 3 is 2.24 bits per heavy atom. The van der Waals surface area contributed by atoms with Crippen LogP contribution >= 0.6 is 15.9 Å². The first-order valence-electron chi connectivity index (χ1n) is 5.72. The zero-order valence-corrected chi connectivity index (χ0v) is 11.1. The summed E-state index contributed by atoms with van der Waals surface area (Å²) in [7, 11) is 0. The zero-order valence-electron chi connectivity index (χ0n) is 9.52. The highest BCUT2D eigenvalue weighted by Crippen LogP contribution is 2.36. The molecule has 0 N–H and O–H groups in total. The minimum atomic E-state index is -0.503. The molecule has 0 radical (unpaired) electrons. The van der Waals surface area contributed by atoms with Gasteiger partial charge in [-0.1, -0.05) is 15.9 Å². The predicted molar refractivity (Wildman–Crippen MR) is 66.3 cm³/mol. The van der Waals surface area contributed by atoms with Crippen LogP contribution in [0.15, 0.2) is 18.2 Å². The van der Waals surface area contributed by atoms with Gasteiger partial charge in [0.25, 0.3) is 0 Å². The van der Waals surface area contributed by atoms with Crippen molar-refractivity contribution >= 4 is 15.9 Å². The Morgan fingerprint density at radius 2 is 1.71 bits per heavy atom. The lowest BCUT2D eigenvalue weighted by atomic mass is 9.77. The van der Waals surface area contributed by atoms with Crippen LogP contribution in [0.1, 0.15) is 18.4 Å². The lowest BCUT2D eigenvalue weighted by Gasteiger charge is -2.35. The first-order valence-corrected chi connectivity index (χ1v) is 6.84. The summed E-state index contributed by atoms with van der Waals surface area (Å²) < 4.78 is 31.6. The van der Waals surface area contributed by atoms with Crippen LogP contribution in [0.2, 0.25) is 0 Å².